The van der Waals surface area contributed by atoms with Crippen LogP contribution in [-0.4, -0.2) is 30.3 Å². The van der Waals surface area contributed by atoms with E-state index in [1.165, 1.54) is 29.2 Å². The van der Waals surface area contributed by atoms with Crippen molar-refractivity contribution in [2.75, 3.05) is 18.1 Å². The molecule has 0 saturated heterocycles. The van der Waals surface area contributed by atoms with Crippen LogP contribution in [-0.2, 0) is 0 Å². The second-order valence-electron chi connectivity index (χ2n) is 6.13. The quantitative estimate of drug-likeness (QED) is 0.736. The van der Waals surface area contributed by atoms with Gasteiger partial charge in [-0.15, -0.1) is 0 Å². The predicted octanol–water partition coefficient (Wildman–Crippen LogP) is 4.03. The third-order valence-electron chi connectivity index (χ3n) is 4.38. The molecular weight excluding hydrogens is 357 g/mol. The average Bonchev–Trinajstić information content (AvgIpc) is 2.91. The van der Waals surface area contributed by atoms with Gasteiger partial charge in [-0.2, -0.15) is 0 Å². The summed E-state index contributed by atoms with van der Waals surface area (Å²) in [5, 5.41) is 12.5. The standard InChI is InChI=1S/C20H15ClFNO3/c21-17-8-9-18-19-15(17)2-1-3-16(19)20(25)23(18)10-13(24)11-26-14-6-4-12(22)5-7-14/h1-9,13,24H,10-11H2/t13-/m1/s1. The molecule has 3 aromatic carbocycles. The van der Waals surface area contributed by atoms with Gasteiger partial charge in [-0.1, -0.05) is 23.7 Å². The molecule has 0 saturated carbocycles. The van der Waals surface area contributed by atoms with E-state index in [4.69, 9.17) is 16.3 Å². The maximum Gasteiger partial charge on any atom is 0.259 e. The molecule has 4 nitrogen and oxygen atoms in total. The number of β-amino-alcohol motifs (C(OH)–C–C–N with tert-alkyl or cyclic N) is 1. The molecule has 0 spiro atoms. The summed E-state index contributed by atoms with van der Waals surface area (Å²) in [6.45, 7) is 0.0773. The molecular formula is C20H15ClFNO3. The Morgan fingerprint density at radius 2 is 1.88 bits per heavy atom. The lowest BCUT2D eigenvalue weighted by molar-refractivity contribution is 0.0913. The summed E-state index contributed by atoms with van der Waals surface area (Å²) in [4.78, 5) is 14.3. The van der Waals surface area contributed by atoms with E-state index in [1.54, 1.807) is 24.3 Å². The van der Waals surface area contributed by atoms with E-state index >= 15 is 0 Å². The molecule has 1 N–H and O–H groups in total. The van der Waals surface area contributed by atoms with Crippen molar-refractivity contribution < 1.29 is 19.0 Å². The molecule has 1 aliphatic rings. The van der Waals surface area contributed by atoms with E-state index in [2.05, 4.69) is 0 Å². The lowest BCUT2D eigenvalue weighted by Crippen LogP contribution is -2.37. The Morgan fingerprint density at radius 1 is 1.12 bits per heavy atom. The Balaban J connectivity index is 1.52. The topological polar surface area (TPSA) is 49.8 Å². The smallest absolute Gasteiger partial charge is 0.259 e. The zero-order valence-corrected chi connectivity index (χ0v) is 14.4. The molecule has 0 bridgehead atoms. The van der Waals surface area contributed by atoms with Gasteiger partial charge in [-0.3, -0.25) is 4.79 Å². The summed E-state index contributed by atoms with van der Waals surface area (Å²) in [7, 11) is 0. The first-order valence-electron chi connectivity index (χ1n) is 8.14. The molecule has 132 valence electrons. The molecule has 6 heteroatoms. The van der Waals surface area contributed by atoms with Crippen molar-refractivity contribution in [2.45, 2.75) is 6.10 Å². The van der Waals surface area contributed by atoms with Crippen LogP contribution in [0, 0.1) is 5.82 Å². The first-order valence-corrected chi connectivity index (χ1v) is 8.52. The maximum absolute atomic E-state index is 12.9. The van der Waals surface area contributed by atoms with Crippen molar-refractivity contribution in [2.24, 2.45) is 0 Å². The Morgan fingerprint density at radius 3 is 2.65 bits per heavy atom. The van der Waals surface area contributed by atoms with Gasteiger partial charge in [0.1, 0.15) is 24.3 Å². The number of carbonyl (C=O) groups excluding carboxylic acids is 1. The molecule has 1 heterocycles. The van der Waals surface area contributed by atoms with Crippen LogP contribution in [0.5, 0.6) is 5.75 Å². The fourth-order valence-electron chi connectivity index (χ4n) is 3.18. The number of hydrogen-bond donors (Lipinski definition) is 1. The van der Waals surface area contributed by atoms with Gasteiger partial charge < -0.3 is 14.7 Å². The van der Waals surface area contributed by atoms with Crippen molar-refractivity contribution in [3.63, 3.8) is 0 Å². The number of halogens is 2. The third-order valence-corrected chi connectivity index (χ3v) is 4.71. The van der Waals surface area contributed by atoms with Gasteiger partial charge in [0, 0.05) is 21.4 Å². The van der Waals surface area contributed by atoms with Gasteiger partial charge in [0.25, 0.3) is 5.91 Å². The van der Waals surface area contributed by atoms with Crippen LogP contribution in [0.15, 0.2) is 54.6 Å². The van der Waals surface area contributed by atoms with Crippen molar-refractivity contribution in [3.8, 4) is 5.75 Å². The van der Waals surface area contributed by atoms with Crippen LogP contribution in [0.2, 0.25) is 5.02 Å². The molecule has 0 fully saturated rings. The number of ether oxygens (including phenoxy) is 1. The van der Waals surface area contributed by atoms with Crippen LogP contribution in [0.1, 0.15) is 10.4 Å². The molecule has 0 aliphatic carbocycles. The maximum atomic E-state index is 12.9. The van der Waals surface area contributed by atoms with Crippen LogP contribution >= 0.6 is 11.6 Å². The van der Waals surface area contributed by atoms with Crippen LogP contribution in [0.25, 0.3) is 10.8 Å². The average molecular weight is 372 g/mol. The van der Waals surface area contributed by atoms with E-state index in [9.17, 15) is 14.3 Å². The largest absolute Gasteiger partial charge is 0.491 e. The van der Waals surface area contributed by atoms with Crippen molar-refractivity contribution >= 4 is 34.0 Å². The summed E-state index contributed by atoms with van der Waals surface area (Å²) in [5.41, 5.74) is 1.30. The lowest BCUT2D eigenvalue weighted by atomic mass is 10.1. The molecule has 0 aromatic heterocycles. The SMILES string of the molecule is O=C1c2cccc3c(Cl)ccc(c23)N1C[C@@H](O)COc1ccc(F)cc1. The molecule has 26 heavy (non-hydrogen) atoms. The molecule has 1 amide bonds. The van der Waals surface area contributed by atoms with Crippen molar-refractivity contribution in [3.05, 3.63) is 71.0 Å². The highest BCUT2D eigenvalue weighted by molar-refractivity contribution is 6.38. The number of aliphatic hydroxyl groups excluding tert-OH is 1. The molecule has 3 aromatic rings. The number of nitrogens with zero attached hydrogens (tertiary/aromatic N) is 1. The Hall–Kier alpha value is -2.63. The van der Waals surface area contributed by atoms with Gasteiger partial charge in [-0.05, 0) is 42.5 Å². The predicted molar refractivity (Wildman–Crippen MR) is 98.5 cm³/mol. The summed E-state index contributed by atoms with van der Waals surface area (Å²) in [5.74, 6) is -0.0749. The van der Waals surface area contributed by atoms with Crippen LogP contribution < -0.4 is 9.64 Å². The first-order chi connectivity index (χ1) is 12.5. The minimum Gasteiger partial charge on any atom is -0.491 e. The summed E-state index contributed by atoms with van der Waals surface area (Å²) >= 11 is 6.23. The normalized spacial score (nSPS) is 14.1. The number of benzene rings is 3. The van der Waals surface area contributed by atoms with Crippen LogP contribution in [0.4, 0.5) is 10.1 Å². The van der Waals surface area contributed by atoms with E-state index in [1.807, 2.05) is 6.07 Å². The molecule has 0 radical (unpaired) electrons. The van der Waals surface area contributed by atoms with E-state index in [0.29, 0.717) is 16.3 Å². The minimum atomic E-state index is -0.899. The number of hydrogen-bond acceptors (Lipinski definition) is 3. The second kappa shape index (κ2) is 6.59. The summed E-state index contributed by atoms with van der Waals surface area (Å²) < 4.78 is 18.4. The monoisotopic (exact) mass is 371 g/mol. The van der Waals surface area contributed by atoms with E-state index in [-0.39, 0.29) is 24.9 Å². The van der Waals surface area contributed by atoms with E-state index in [0.717, 1.165) is 16.5 Å². The molecule has 4 rings (SSSR count). The first kappa shape index (κ1) is 16.8. The Bertz CT molecular complexity index is 990. The van der Waals surface area contributed by atoms with Crippen molar-refractivity contribution in [1.29, 1.82) is 0 Å². The van der Waals surface area contributed by atoms with Gasteiger partial charge in [0.15, 0.2) is 0 Å². The Labute approximate surface area is 154 Å². The van der Waals surface area contributed by atoms with Gasteiger partial charge in [0.05, 0.1) is 12.2 Å². The number of amides is 1. The second-order valence-corrected chi connectivity index (χ2v) is 6.54. The minimum absolute atomic E-state index is 0.0114. The van der Waals surface area contributed by atoms with Crippen molar-refractivity contribution in [1.82, 2.24) is 0 Å². The zero-order valence-electron chi connectivity index (χ0n) is 13.7. The highest BCUT2D eigenvalue weighted by Gasteiger charge is 2.31. The van der Waals surface area contributed by atoms with Gasteiger partial charge >= 0.3 is 0 Å². The molecule has 0 unspecified atom stereocenters. The number of rotatable bonds is 5. The number of carbonyl (C=O) groups is 1. The highest BCUT2D eigenvalue weighted by Crippen LogP contribution is 2.40. The fourth-order valence-corrected chi connectivity index (χ4v) is 3.40. The van der Waals surface area contributed by atoms with Gasteiger partial charge in [0.2, 0.25) is 0 Å². The summed E-state index contributed by atoms with van der Waals surface area (Å²) in [6.07, 6.45) is -0.899. The number of anilines is 1. The molecule has 1 atom stereocenters. The Kier molecular flexibility index (Phi) is 4.26. The lowest BCUT2D eigenvalue weighted by Gasteiger charge is -2.21. The molecule has 1 aliphatic heterocycles. The van der Waals surface area contributed by atoms with Crippen LogP contribution in [0.3, 0.4) is 0 Å². The highest BCUT2D eigenvalue weighted by atomic mass is 35.5. The zero-order chi connectivity index (χ0) is 18.3. The fraction of sp³-hybridized carbons (Fsp3) is 0.150. The number of aliphatic hydroxyl groups is 1. The van der Waals surface area contributed by atoms with E-state index < -0.39 is 6.10 Å². The van der Waals surface area contributed by atoms with Gasteiger partial charge in [-0.25, -0.2) is 4.39 Å². The summed E-state index contributed by atoms with van der Waals surface area (Å²) in [6, 6.07) is 14.5. The third kappa shape index (κ3) is 2.89.